The first-order chi connectivity index (χ1) is 16.1. The van der Waals surface area contributed by atoms with Gasteiger partial charge in [0.2, 0.25) is 29.5 Å². The van der Waals surface area contributed by atoms with Crippen LogP contribution in [0.4, 0.5) is 0 Å². The molecule has 0 aliphatic carbocycles. The van der Waals surface area contributed by atoms with Gasteiger partial charge in [0.25, 0.3) is 16.0 Å². The smallest absolute Gasteiger partial charge is 0.322 e. The van der Waals surface area contributed by atoms with E-state index >= 15 is 0 Å². The zero-order valence-corrected chi connectivity index (χ0v) is 19.5. The van der Waals surface area contributed by atoms with Gasteiger partial charge in [0, 0.05) is 13.0 Å². The molecule has 0 radical (unpaired) electrons. The third-order valence-electron chi connectivity index (χ3n) is 3.73. The van der Waals surface area contributed by atoms with Gasteiger partial charge in [-0.15, -0.1) is 0 Å². The average Bonchev–Trinajstić information content (AvgIpc) is 3.05. The van der Waals surface area contributed by atoms with Crippen LogP contribution in [-0.2, 0) is 38.9 Å². The lowest BCUT2D eigenvalue weighted by atomic mass is 10.4. The molecule has 0 saturated carbocycles. The van der Waals surface area contributed by atoms with Crippen LogP contribution < -0.4 is 21.0 Å². The lowest BCUT2D eigenvalue weighted by Crippen LogP contribution is -2.49. The van der Waals surface area contributed by atoms with Crippen LogP contribution in [0.15, 0.2) is 11.0 Å². The van der Waals surface area contributed by atoms with Gasteiger partial charge in [0.15, 0.2) is 10.0 Å². The Hall–Kier alpha value is -3.84. The Kier molecular flexibility index (Phi) is 10.5. The number of hydrogen-bond acceptors (Lipinski definition) is 11. The molecule has 19 heteroatoms. The second-order valence-corrected chi connectivity index (χ2v) is 8.98. The van der Waals surface area contributed by atoms with Crippen LogP contribution >= 0.6 is 11.8 Å². The highest BCUT2D eigenvalue weighted by Crippen LogP contribution is 2.31. The van der Waals surface area contributed by atoms with Crippen LogP contribution in [-0.4, -0.2) is 99.6 Å². The Morgan fingerprint density at radius 2 is 1.49 bits per heavy atom. The molecule has 0 aliphatic rings. The molecule has 1 aromatic rings. The summed E-state index contributed by atoms with van der Waals surface area (Å²) in [4.78, 5) is 68.2. The maximum absolute atomic E-state index is 12.5. The SMILES string of the molecule is CC(=O)SCC(=O)N(CC(=O)NCC(=O)NCC(=O)NCC(=O)O)n1c(O)cc(S(=O)(=O)O)c1O. The van der Waals surface area contributed by atoms with E-state index in [-0.39, 0.29) is 4.68 Å². The van der Waals surface area contributed by atoms with E-state index < -0.39 is 93.4 Å². The number of aliphatic carboxylic acids is 1. The van der Waals surface area contributed by atoms with E-state index in [1.165, 1.54) is 0 Å². The molecule has 1 aromatic heterocycles. The van der Waals surface area contributed by atoms with Crippen molar-refractivity contribution in [3.8, 4) is 11.8 Å². The second kappa shape index (κ2) is 12.6. The fourth-order valence-electron chi connectivity index (χ4n) is 2.24. The summed E-state index contributed by atoms with van der Waals surface area (Å²) in [5, 5.41) is 34.5. The number of nitrogens with zero attached hydrogens (tertiary/aromatic N) is 2. The number of carboxylic acid groups (broad SMARTS) is 1. The molecule has 0 atom stereocenters. The normalized spacial score (nSPS) is 10.8. The van der Waals surface area contributed by atoms with Gasteiger partial charge in [-0.1, -0.05) is 11.8 Å². The van der Waals surface area contributed by atoms with Crippen LogP contribution in [0.1, 0.15) is 6.92 Å². The Labute approximate surface area is 201 Å². The number of carboxylic acids is 1. The third kappa shape index (κ3) is 9.51. The molecule has 0 aliphatic heterocycles. The van der Waals surface area contributed by atoms with Gasteiger partial charge < -0.3 is 31.3 Å². The molecule has 0 fully saturated rings. The number of amides is 4. The Balaban J connectivity index is 2.91. The van der Waals surface area contributed by atoms with E-state index in [1.54, 1.807) is 0 Å². The van der Waals surface area contributed by atoms with Crippen molar-refractivity contribution in [1.29, 1.82) is 0 Å². The number of hydrogen-bond donors (Lipinski definition) is 7. The van der Waals surface area contributed by atoms with Crippen molar-refractivity contribution < 1.29 is 57.1 Å². The first-order valence-electron chi connectivity index (χ1n) is 9.20. The monoisotopic (exact) mass is 539 g/mol. The maximum atomic E-state index is 12.5. The van der Waals surface area contributed by atoms with E-state index in [1.807, 2.05) is 5.32 Å². The van der Waals surface area contributed by atoms with Gasteiger partial charge >= 0.3 is 5.97 Å². The molecule has 0 aromatic carbocycles. The summed E-state index contributed by atoms with van der Waals surface area (Å²) in [7, 11) is -5.04. The molecular formula is C16H21N5O12S2. The van der Waals surface area contributed by atoms with Crippen LogP contribution in [0.5, 0.6) is 11.8 Å². The topological polar surface area (TPSA) is 262 Å². The summed E-state index contributed by atoms with van der Waals surface area (Å²) in [6.45, 7) is -1.84. The minimum absolute atomic E-state index is 0.207. The first-order valence-corrected chi connectivity index (χ1v) is 11.6. The van der Waals surface area contributed by atoms with Crippen molar-refractivity contribution in [1.82, 2.24) is 20.6 Å². The van der Waals surface area contributed by atoms with Gasteiger partial charge in [-0.2, -0.15) is 13.1 Å². The largest absolute Gasteiger partial charge is 0.493 e. The fourth-order valence-corrected chi connectivity index (χ4v) is 3.29. The van der Waals surface area contributed by atoms with Crippen molar-refractivity contribution in [3.05, 3.63) is 6.07 Å². The fraction of sp³-hybridized carbons (Fsp3) is 0.375. The highest BCUT2D eigenvalue weighted by atomic mass is 32.2. The van der Waals surface area contributed by atoms with E-state index in [2.05, 4.69) is 10.6 Å². The van der Waals surface area contributed by atoms with Gasteiger partial charge in [0.1, 0.15) is 13.1 Å². The van der Waals surface area contributed by atoms with Crippen LogP contribution in [0, 0.1) is 0 Å². The molecule has 0 spiro atoms. The van der Waals surface area contributed by atoms with E-state index in [4.69, 9.17) is 9.66 Å². The Bertz CT molecular complexity index is 1130. The number of thioether (sulfide) groups is 1. The predicted molar refractivity (Wildman–Crippen MR) is 115 cm³/mol. The van der Waals surface area contributed by atoms with Crippen molar-refractivity contribution in [2.45, 2.75) is 11.8 Å². The summed E-state index contributed by atoms with van der Waals surface area (Å²) in [5.74, 6) is -8.08. The molecule has 0 bridgehead atoms. The maximum Gasteiger partial charge on any atom is 0.322 e. The summed E-state index contributed by atoms with van der Waals surface area (Å²) < 4.78 is 32.0. The number of aromatic hydroxyl groups is 2. The first kappa shape index (κ1) is 29.2. The van der Waals surface area contributed by atoms with E-state index in [0.29, 0.717) is 22.8 Å². The number of carbonyl (C=O) groups is 6. The molecule has 7 N–H and O–H groups in total. The molecule has 0 unspecified atom stereocenters. The van der Waals surface area contributed by atoms with Crippen LogP contribution in [0.2, 0.25) is 0 Å². The molecule has 17 nitrogen and oxygen atoms in total. The van der Waals surface area contributed by atoms with Gasteiger partial charge in [0.05, 0.1) is 18.8 Å². The van der Waals surface area contributed by atoms with Crippen molar-refractivity contribution in [2.75, 3.05) is 36.9 Å². The van der Waals surface area contributed by atoms with Gasteiger partial charge in [-0.05, 0) is 0 Å². The molecule has 1 heterocycles. The van der Waals surface area contributed by atoms with Gasteiger partial charge in [-0.25, -0.2) is 5.01 Å². The Morgan fingerprint density at radius 1 is 0.971 bits per heavy atom. The van der Waals surface area contributed by atoms with E-state index in [9.17, 15) is 47.4 Å². The minimum Gasteiger partial charge on any atom is -0.493 e. The van der Waals surface area contributed by atoms with Crippen LogP contribution in [0.25, 0.3) is 0 Å². The molecule has 4 amide bonds. The molecule has 35 heavy (non-hydrogen) atoms. The molecule has 1 rings (SSSR count). The second-order valence-electron chi connectivity index (χ2n) is 6.43. The van der Waals surface area contributed by atoms with Crippen LogP contribution in [0.3, 0.4) is 0 Å². The zero-order valence-electron chi connectivity index (χ0n) is 17.9. The lowest BCUT2D eigenvalue weighted by Gasteiger charge is -2.24. The summed E-state index contributed by atoms with van der Waals surface area (Å²) in [5.41, 5.74) is 0. The zero-order chi connectivity index (χ0) is 26.9. The minimum atomic E-state index is -5.04. The van der Waals surface area contributed by atoms with E-state index in [0.717, 1.165) is 6.92 Å². The molecule has 194 valence electrons. The number of aromatic nitrogens is 1. The number of carbonyl (C=O) groups excluding carboxylic acids is 5. The average molecular weight is 540 g/mol. The summed E-state index contributed by atoms with van der Waals surface area (Å²) in [6, 6.07) is 0.407. The predicted octanol–water partition coefficient (Wildman–Crippen LogP) is -3.68. The van der Waals surface area contributed by atoms with Crippen molar-refractivity contribution in [2.24, 2.45) is 0 Å². The standard InChI is InChI=1S/C16H21N5O12S2/c1-8(22)34-7-14(27)20(21-13(26)2-9(16(21)30)35(31,32)33)6-12(25)18-4-10(23)17-3-11(24)19-5-15(28)29/h2,26,30H,3-7H2,1H3,(H,17,23)(H,18,25)(H,19,24)(H,28,29)(H,31,32,33). The molecule has 0 saturated heterocycles. The summed E-state index contributed by atoms with van der Waals surface area (Å²) >= 11 is 0.502. The quantitative estimate of drug-likeness (QED) is 0.126. The third-order valence-corrected chi connectivity index (χ3v) is 5.38. The van der Waals surface area contributed by atoms with Gasteiger partial charge in [-0.3, -0.25) is 33.3 Å². The lowest BCUT2D eigenvalue weighted by molar-refractivity contribution is -0.137. The highest BCUT2D eigenvalue weighted by molar-refractivity contribution is 8.14. The molecular weight excluding hydrogens is 518 g/mol. The summed E-state index contributed by atoms with van der Waals surface area (Å²) in [6.07, 6.45) is 0. The highest BCUT2D eigenvalue weighted by Gasteiger charge is 2.30. The Morgan fingerprint density at radius 3 is 1.94 bits per heavy atom. The van der Waals surface area contributed by atoms with Crippen molar-refractivity contribution >= 4 is 56.6 Å². The van der Waals surface area contributed by atoms with Crippen molar-refractivity contribution in [3.63, 3.8) is 0 Å². The number of rotatable bonds is 12. The number of nitrogens with one attached hydrogen (secondary N) is 3.